The van der Waals surface area contributed by atoms with Crippen molar-refractivity contribution in [3.8, 4) is 11.8 Å². The highest BCUT2D eigenvalue weighted by Gasteiger charge is 2.23. The van der Waals surface area contributed by atoms with Gasteiger partial charge in [-0.25, -0.2) is 9.37 Å². The van der Waals surface area contributed by atoms with Gasteiger partial charge in [-0.3, -0.25) is 4.79 Å². The van der Waals surface area contributed by atoms with E-state index in [1.54, 1.807) is 18.3 Å². The van der Waals surface area contributed by atoms with Gasteiger partial charge in [0.25, 0.3) is 0 Å². The third-order valence-corrected chi connectivity index (χ3v) is 5.90. The topological polar surface area (TPSA) is 78.9 Å². The highest BCUT2D eigenvalue weighted by atomic mass is 19.1. The first-order valence-corrected chi connectivity index (χ1v) is 11.9. The van der Waals surface area contributed by atoms with Crippen LogP contribution in [0.25, 0.3) is 0 Å². The van der Waals surface area contributed by atoms with Crippen molar-refractivity contribution >= 4 is 23.4 Å². The summed E-state index contributed by atoms with van der Waals surface area (Å²) in [5.74, 6) is 7.78. The molecule has 1 fully saturated rings. The molecule has 2 aromatic rings. The summed E-state index contributed by atoms with van der Waals surface area (Å²) in [6.07, 6.45) is 7.45. The second kappa shape index (κ2) is 12.2. The van der Waals surface area contributed by atoms with Crippen molar-refractivity contribution in [1.82, 2.24) is 15.3 Å². The van der Waals surface area contributed by atoms with E-state index < -0.39 is 0 Å². The van der Waals surface area contributed by atoms with Crippen molar-refractivity contribution in [2.75, 3.05) is 17.2 Å². The van der Waals surface area contributed by atoms with Crippen molar-refractivity contribution in [3.63, 3.8) is 0 Å². The van der Waals surface area contributed by atoms with Crippen LogP contribution in [0.4, 0.5) is 21.8 Å². The van der Waals surface area contributed by atoms with Gasteiger partial charge in [0.1, 0.15) is 11.6 Å². The molecule has 0 bridgehead atoms. The third-order valence-electron chi connectivity index (χ3n) is 5.90. The molecular weight excluding hydrogens is 417 g/mol. The number of carbonyl (C=O) groups is 1. The molecule has 0 radical (unpaired) electrons. The van der Waals surface area contributed by atoms with Gasteiger partial charge in [0.2, 0.25) is 11.9 Å². The zero-order valence-electron chi connectivity index (χ0n) is 19.7. The van der Waals surface area contributed by atoms with Gasteiger partial charge in [-0.2, -0.15) is 4.98 Å². The minimum Gasteiger partial charge on any atom is -0.369 e. The van der Waals surface area contributed by atoms with E-state index in [9.17, 15) is 9.18 Å². The zero-order valence-corrected chi connectivity index (χ0v) is 19.7. The minimum absolute atomic E-state index is 0.0420. The van der Waals surface area contributed by atoms with E-state index in [0.717, 1.165) is 50.6 Å². The van der Waals surface area contributed by atoms with Crippen LogP contribution in [-0.4, -0.2) is 28.5 Å². The average molecular weight is 452 g/mol. The van der Waals surface area contributed by atoms with Gasteiger partial charge in [0.05, 0.1) is 11.8 Å². The number of hydrogen-bond acceptors (Lipinski definition) is 5. The molecule has 1 aliphatic rings. The van der Waals surface area contributed by atoms with E-state index in [-0.39, 0.29) is 29.6 Å². The normalized spacial score (nSPS) is 18.5. The SMILES string of the molecule is CCCNc1nc(Nc2cccc(F)c2)ncc1C#C[C@H]1CCC[C@H](NC(=O)[C@H](C)CC)C1. The molecule has 176 valence electrons. The standard InChI is InChI=1S/C26H34FN5O/c1-4-14-28-24-20(17-29-26(32-24)31-23-11-7-9-21(27)16-23)13-12-19-8-6-10-22(15-19)30-25(33)18(3)5-2/h7,9,11,16-19,22H,4-6,8,10,14-15H2,1-3H3,(H,30,33)(H2,28,29,31,32)/t18-,19-,22+/m1/s1. The summed E-state index contributed by atoms with van der Waals surface area (Å²) >= 11 is 0. The summed E-state index contributed by atoms with van der Waals surface area (Å²) in [6, 6.07) is 6.38. The number of anilines is 3. The van der Waals surface area contributed by atoms with Crippen molar-refractivity contribution in [2.24, 2.45) is 11.8 Å². The van der Waals surface area contributed by atoms with Gasteiger partial charge in [0, 0.05) is 30.1 Å². The maximum Gasteiger partial charge on any atom is 0.229 e. The maximum absolute atomic E-state index is 13.5. The molecule has 1 aromatic carbocycles. The molecule has 6 nitrogen and oxygen atoms in total. The van der Waals surface area contributed by atoms with Crippen LogP contribution in [0, 0.1) is 29.5 Å². The second-order valence-electron chi connectivity index (χ2n) is 8.67. The molecule has 0 unspecified atom stereocenters. The number of nitrogens with zero attached hydrogens (tertiary/aromatic N) is 2. The smallest absolute Gasteiger partial charge is 0.229 e. The number of rotatable bonds is 8. The molecule has 33 heavy (non-hydrogen) atoms. The number of amides is 1. The van der Waals surface area contributed by atoms with E-state index in [1.165, 1.54) is 12.1 Å². The summed E-state index contributed by atoms with van der Waals surface area (Å²) in [5.41, 5.74) is 1.32. The molecule has 0 spiro atoms. The highest BCUT2D eigenvalue weighted by Crippen LogP contribution is 2.25. The van der Waals surface area contributed by atoms with Gasteiger partial charge < -0.3 is 16.0 Å². The quantitative estimate of drug-likeness (QED) is 0.478. The number of aromatic nitrogens is 2. The lowest BCUT2D eigenvalue weighted by Gasteiger charge is -2.28. The highest BCUT2D eigenvalue weighted by molar-refractivity contribution is 5.78. The predicted octanol–water partition coefficient (Wildman–Crippen LogP) is 5.25. The number of nitrogens with one attached hydrogen (secondary N) is 3. The van der Waals surface area contributed by atoms with Gasteiger partial charge in [-0.05, 0) is 50.3 Å². The van der Waals surface area contributed by atoms with E-state index in [0.29, 0.717) is 17.5 Å². The van der Waals surface area contributed by atoms with Gasteiger partial charge in [-0.15, -0.1) is 0 Å². The Bertz CT molecular complexity index is 1000. The second-order valence-corrected chi connectivity index (χ2v) is 8.67. The largest absolute Gasteiger partial charge is 0.369 e. The first-order valence-electron chi connectivity index (χ1n) is 11.9. The Morgan fingerprint density at radius 1 is 1.30 bits per heavy atom. The fourth-order valence-electron chi connectivity index (χ4n) is 3.77. The third kappa shape index (κ3) is 7.45. The Balaban J connectivity index is 1.71. The van der Waals surface area contributed by atoms with E-state index in [2.05, 4.69) is 44.7 Å². The molecule has 3 rings (SSSR count). The lowest BCUT2D eigenvalue weighted by Crippen LogP contribution is -2.40. The molecule has 1 aromatic heterocycles. The summed E-state index contributed by atoms with van der Waals surface area (Å²) in [6.45, 7) is 6.84. The molecular formula is C26H34FN5O. The summed E-state index contributed by atoms with van der Waals surface area (Å²) in [4.78, 5) is 21.2. The van der Waals surface area contributed by atoms with Crippen LogP contribution in [0.5, 0.6) is 0 Å². The maximum atomic E-state index is 13.5. The van der Waals surface area contributed by atoms with Crippen molar-refractivity contribution in [3.05, 3.63) is 41.8 Å². The zero-order chi connectivity index (χ0) is 23.6. The first kappa shape index (κ1) is 24.5. The monoisotopic (exact) mass is 451 g/mol. The Morgan fingerprint density at radius 2 is 2.15 bits per heavy atom. The molecule has 0 aliphatic heterocycles. The molecule has 1 amide bonds. The van der Waals surface area contributed by atoms with Crippen LogP contribution in [-0.2, 0) is 4.79 Å². The Kier molecular flexibility index (Phi) is 9.05. The fraction of sp³-hybridized carbons (Fsp3) is 0.500. The van der Waals surface area contributed by atoms with Gasteiger partial charge in [-0.1, -0.05) is 45.1 Å². The molecule has 1 aliphatic carbocycles. The Hall–Kier alpha value is -3.14. The van der Waals surface area contributed by atoms with Crippen molar-refractivity contribution in [1.29, 1.82) is 0 Å². The van der Waals surface area contributed by atoms with Gasteiger partial charge >= 0.3 is 0 Å². The summed E-state index contributed by atoms with van der Waals surface area (Å²) in [5, 5.41) is 9.55. The van der Waals surface area contributed by atoms with Crippen LogP contribution >= 0.6 is 0 Å². The van der Waals surface area contributed by atoms with Gasteiger partial charge in [0.15, 0.2) is 0 Å². The molecule has 7 heteroatoms. The van der Waals surface area contributed by atoms with Crippen molar-refractivity contribution in [2.45, 2.75) is 65.3 Å². The lowest BCUT2D eigenvalue weighted by molar-refractivity contribution is -0.125. The Morgan fingerprint density at radius 3 is 2.91 bits per heavy atom. The van der Waals surface area contributed by atoms with Crippen LogP contribution in [0.15, 0.2) is 30.5 Å². The molecule has 1 heterocycles. The van der Waals surface area contributed by atoms with Crippen LogP contribution < -0.4 is 16.0 Å². The van der Waals surface area contributed by atoms with Crippen LogP contribution in [0.1, 0.15) is 64.9 Å². The number of halogens is 1. The van der Waals surface area contributed by atoms with Crippen LogP contribution in [0.3, 0.4) is 0 Å². The molecule has 0 saturated heterocycles. The molecule has 3 atom stereocenters. The average Bonchev–Trinajstić information content (AvgIpc) is 2.81. The van der Waals surface area contributed by atoms with E-state index in [1.807, 2.05) is 13.8 Å². The number of carbonyl (C=O) groups excluding carboxylic acids is 1. The fourth-order valence-corrected chi connectivity index (χ4v) is 3.77. The predicted molar refractivity (Wildman–Crippen MR) is 131 cm³/mol. The summed E-state index contributed by atoms with van der Waals surface area (Å²) in [7, 11) is 0. The lowest BCUT2D eigenvalue weighted by atomic mass is 9.85. The molecule has 1 saturated carbocycles. The molecule has 3 N–H and O–H groups in total. The van der Waals surface area contributed by atoms with Crippen LogP contribution in [0.2, 0.25) is 0 Å². The first-order chi connectivity index (χ1) is 16.0. The van der Waals surface area contributed by atoms with E-state index >= 15 is 0 Å². The number of hydrogen-bond donors (Lipinski definition) is 3. The van der Waals surface area contributed by atoms with E-state index in [4.69, 9.17) is 0 Å². The Labute approximate surface area is 196 Å². The number of benzene rings is 1. The minimum atomic E-state index is -0.321. The summed E-state index contributed by atoms with van der Waals surface area (Å²) < 4.78 is 13.5. The van der Waals surface area contributed by atoms with Crippen molar-refractivity contribution < 1.29 is 9.18 Å².